The van der Waals surface area contributed by atoms with Gasteiger partial charge in [-0.25, -0.2) is 0 Å². The van der Waals surface area contributed by atoms with Gasteiger partial charge in [-0.2, -0.15) is 4.98 Å². The highest BCUT2D eigenvalue weighted by Crippen LogP contribution is 2.04. The van der Waals surface area contributed by atoms with Gasteiger partial charge in [-0.1, -0.05) is 0 Å². The van der Waals surface area contributed by atoms with Gasteiger partial charge in [0.1, 0.15) is 6.26 Å². The lowest BCUT2D eigenvalue weighted by molar-refractivity contribution is 0.554. The average molecular weight is 131 g/mol. The van der Waals surface area contributed by atoms with Crippen molar-refractivity contribution in [2.45, 2.75) is 0 Å². The maximum Gasteiger partial charge on any atom is 0.292 e. The molecule has 41 valence electrons. The molecule has 0 N–H and O–H groups in total. The summed E-state index contributed by atoms with van der Waals surface area (Å²) in [6.07, 6.45) is 2.64. The summed E-state index contributed by atoms with van der Waals surface area (Å²) in [6, 6.07) is 0. The second-order valence-corrected chi connectivity index (χ2v) is 1.41. The van der Waals surface area contributed by atoms with Gasteiger partial charge in [0.05, 0.1) is 0 Å². The average Bonchev–Trinajstić information content (AvgIpc) is 2.14. The van der Waals surface area contributed by atoms with Crippen molar-refractivity contribution in [2.24, 2.45) is 0 Å². The molecule has 1 heterocycles. The molecule has 0 spiro atoms. The maximum atomic E-state index is 9.71. The SMILES string of the molecule is O=[C]c1coc(Cl)n1. The summed E-state index contributed by atoms with van der Waals surface area (Å²) < 4.78 is 4.45. The molecule has 0 aliphatic rings. The van der Waals surface area contributed by atoms with E-state index in [4.69, 9.17) is 11.6 Å². The molecule has 0 amide bonds. The third-order valence-electron chi connectivity index (χ3n) is 0.581. The minimum Gasteiger partial charge on any atom is -0.435 e. The van der Waals surface area contributed by atoms with Crippen LogP contribution in [-0.4, -0.2) is 11.3 Å². The minimum absolute atomic E-state index is 0.0386. The van der Waals surface area contributed by atoms with Crippen LogP contribution in [0.1, 0.15) is 5.69 Å². The first-order chi connectivity index (χ1) is 3.83. The molecular weight excluding hydrogens is 130 g/mol. The zero-order chi connectivity index (χ0) is 5.98. The number of carbonyl (C=O) groups excluding carboxylic acids is 1. The van der Waals surface area contributed by atoms with Crippen LogP contribution in [-0.2, 0) is 4.79 Å². The van der Waals surface area contributed by atoms with Gasteiger partial charge >= 0.3 is 0 Å². The fourth-order valence-corrected chi connectivity index (χ4v) is 0.434. The van der Waals surface area contributed by atoms with Crippen LogP contribution in [0.4, 0.5) is 0 Å². The van der Waals surface area contributed by atoms with E-state index in [9.17, 15) is 4.79 Å². The Morgan fingerprint density at radius 2 is 2.62 bits per heavy atom. The number of aromatic nitrogens is 1. The lowest BCUT2D eigenvalue weighted by Gasteiger charge is -1.64. The van der Waals surface area contributed by atoms with Gasteiger partial charge in [-0.05, 0) is 11.6 Å². The summed E-state index contributed by atoms with van der Waals surface area (Å²) in [5.41, 5.74) is 0.0926. The van der Waals surface area contributed by atoms with Crippen LogP contribution in [0.15, 0.2) is 10.7 Å². The normalized spacial score (nSPS) is 9.12. The lowest BCUT2D eigenvalue weighted by atomic mass is 10.6. The summed E-state index contributed by atoms with van der Waals surface area (Å²) in [7, 11) is 0. The van der Waals surface area contributed by atoms with Gasteiger partial charge in [0.15, 0.2) is 5.69 Å². The van der Waals surface area contributed by atoms with Crippen LogP contribution in [0.5, 0.6) is 0 Å². The van der Waals surface area contributed by atoms with Crippen molar-refractivity contribution in [3.8, 4) is 0 Å². The van der Waals surface area contributed by atoms with E-state index in [0.717, 1.165) is 6.26 Å². The number of hydrogen-bond acceptors (Lipinski definition) is 3. The van der Waals surface area contributed by atoms with Crippen molar-refractivity contribution < 1.29 is 9.21 Å². The second-order valence-electron chi connectivity index (χ2n) is 1.09. The van der Waals surface area contributed by atoms with E-state index in [1.807, 2.05) is 0 Å². The summed E-state index contributed by atoms with van der Waals surface area (Å²) >= 11 is 5.18. The predicted molar refractivity (Wildman–Crippen MR) is 26.3 cm³/mol. The van der Waals surface area contributed by atoms with Crippen LogP contribution in [0.25, 0.3) is 0 Å². The molecule has 0 unspecified atom stereocenters. The van der Waals surface area contributed by atoms with Crippen molar-refractivity contribution in [2.75, 3.05) is 0 Å². The minimum atomic E-state index is -0.0386. The van der Waals surface area contributed by atoms with Crippen molar-refractivity contribution in [1.29, 1.82) is 0 Å². The van der Waals surface area contributed by atoms with Gasteiger partial charge in [0, 0.05) is 0 Å². The van der Waals surface area contributed by atoms with E-state index >= 15 is 0 Å². The van der Waals surface area contributed by atoms with E-state index in [-0.39, 0.29) is 11.0 Å². The molecular formula is C4HClNO2. The molecule has 0 saturated heterocycles. The Morgan fingerprint density at radius 3 is 2.88 bits per heavy atom. The monoisotopic (exact) mass is 130 g/mol. The van der Waals surface area contributed by atoms with Crippen LogP contribution in [0.3, 0.4) is 0 Å². The Kier molecular flexibility index (Phi) is 1.30. The van der Waals surface area contributed by atoms with Crippen LogP contribution >= 0.6 is 11.6 Å². The van der Waals surface area contributed by atoms with Crippen molar-refractivity contribution in [3.63, 3.8) is 0 Å². The van der Waals surface area contributed by atoms with Crippen LogP contribution in [0, 0.1) is 0 Å². The number of halogens is 1. The summed E-state index contributed by atoms with van der Waals surface area (Å²) in [4.78, 5) is 13.1. The number of nitrogens with zero attached hydrogens (tertiary/aromatic N) is 1. The molecule has 8 heavy (non-hydrogen) atoms. The molecule has 1 aromatic rings. The van der Waals surface area contributed by atoms with Crippen molar-refractivity contribution in [1.82, 2.24) is 4.98 Å². The standard InChI is InChI=1S/C4HClNO2/c5-4-6-3(1-7)2-8-4/h2H. The van der Waals surface area contributed by atoms with Gasteiger partial charge in [0.25, 0.3) is 11.6 Å². The topological polar surface area (TPSA) is 43.1 Å². The molecule has 4 heteroatoms. The molecule has 1 radical (unpaired) electrons. The highest BCUT2D eigenvalue weighted by Gasteiger charge is 1.96. The molecule has 1 aromatic heterocycles. The lowest BCUT2D eigenvalue weighted by Crippen LogP contribution is -1.74. The Labute approximate surface area is 50.3 Å². The second kappa shape index (κ2) is 1.96. The zero-order valence-corrected chi connectivity index (χ0v) is 4.47. The zero-order valence-electron chi connectivity index (χ0n) is 3.72. The maximum absolute atomic E-state index is 9.71. The molecule has 0 saturated carbocycles. The molecule has 0 aliphatic carbocycles. The largest absolute Gasteiger partial charge is 0.435 e. The molecule has 1 rings (SSSR count). The molecule has 3 nitrogen and oxygen atoms in total. The molecule has 0 atom stereocenters. The first kappa shape index (κ1) is 5.31. The number of oxazole rings is 1. The third kappa shape index (κ3) is 0.869. The Hall–Kier alpha value is -0.830. The first-order valence-electron chi connectivity index (χ1n) is 1.82. The van der Waals surface area contributed by atoms with Gasteiger partial charge in [-0.15, -0.1) is 0 Å². The summed E-state index contributed by atoms with van der Waals surface area (Å²) in [5, 5.41) is -0.0386. The highest BCUT2D eigenvalue weighted by molar-refractivity contribution is 6.27. The van der Waals surface area contributed by atoms with Gasteiger partial charge in [-0.3, -0.25) is 4.79 Å². The predicted octanol–water partition coefficient (Wildman–Crippen LogP) is 0.786. The van der Waals surface area contributed by atoms with Gasteiger partial charge in [0.2, 0.25) is 0 Å². The van der Waals surface area contributed by atoms with Gasteiger partial charge < -0.3 is 4.42 Å². The van der Waals surface area contributed by atoms with Crippen LogP contribution < -0.4 is 0 Å². The summed E-state index contributed by atoms with van der Waals surface area (Å²) in [5.74, 6) is 0. The summed E-state index contributed by atoms with van der Waals surface area (Å²) in [6.45, 7) is 0. The quantitative estimate of drug-likeness (QED) is 0.564. The van der Waals surface area contributed by atoms with Crippen LogP contribution in [0.2, 0.25) is 5.35 Å². The van der Waals surface area contributed by atoms with E-state index in [1.54, 1.807) is 0 Å². The number of hydrogen-bond donors (Lipinski definition) is 0. The van der Waals surface area contributed by atoms with Crippen molar-refractivity contribution in [3.05, 3.63) is 17.3 Å². The first-order valence-corrected chi connectivity index (χ1v) is 2.20. The Balaban J connectivity index is 3.00. The molecule has 0 fully saturated rings. The van der Waals surface area contributed by atoms with E-state index < -0.39 is 0 Å². The Morgan fingerprint density at radius 1 is 1.88 bits per heavy atom. The number of rotatable bonds is 1. The fraction of sp³-hybridized carbons (Fsp3) is 0. The smallest absolute Gasteiger partial charge is 0.292 e. The van der Waals surface area contributed by atoms with Crippen molar-refractivity contribution >= 4 is 17.9 Å². The molecule has 0 aliphatic heterocycles. The third-order valence-corrected chi connectivity index (χ3v) is 0.754. The highest BCUT2D eigenvalue weighted by atomic mass is 35.5. The van der Waals surface area contributed by atoms with E-state index in [2.05, 4.69) is 9.40 Å². The Bertz CT molecular complexity index is 196. The molecule has 0 aromatic carbocycles. The van der Waals surface area contributed by atoms with E-state index in [0.29, 0.717) is 0 Å². The fourth-order valence-electron chi connectivity index (χ4n) is 0.299. The van der Waals surface area contributed by atoms with E-state index in [1.165, 1.54) is 6.29 Å². The molecule has 0 bridgehead atoms.